The van der Waals surface area contributed by atoms with Gasteiger partial charge < -0.3 is 4.52 Å². The van der Waals surface area contributed by atoms with Crippen LogP contribution in [0.5, 0.6) is 0 Å². The molecule has 1 aromatic carbocycles. The monoisotopic (exact) mass is 383 g/mol. The first-order chi connectivity index (χ1) is 11.9. The second kappa shape index (κ2) is 7.45. The van der Waals surface area contributed by atoms with Crippen LogP contribution >= 0.6 is 11.6 Å². The summed E-state index contributed by atoms with van der Waals surface area (Å²) in [6.07, 6.45) is 0. The summed E-state index contributed by atoms with van der Waals surface area (Å²) in [5.74, 6) is 0.766. The Bertz CT molecular complexity index is 823. The van der Waals surface area contributed by atoms with Crippen molar-refractivity contribution in [1.29, 1.82) is 0 Å². The molecule has 0 N–H and O–H groups in total. The Hall–Kier alpha value is -1.41. The molecule has 1 aliphatic rings. The van der Waals surface area contributed by atoms with E-state index in [0.29, 0.717) is 36.8 Å². The number of piperazine rings is 1. The number of nitrogens with zero attached hydrogens (tertiary/aromatic N) is 3. The van der Waals surface area contributed by atoms with E-state index in [-0.39, 0.29) is 5.75 Å². The molecular formula is C17H22ClN3O3S. The van der Waals surface area contributed by atoms with Crippen molar-refractivity contribution >= 4 is 21.6 Å². The van der Waals surface area contributed by atoms with Gasteiger partial charge >= 0.3 is 0 Å². The van der Waals surface area contributed by atoms with Crippen LogP contribution in [0, 0.1) is 13.8 Å². The van der Waals surface area contributed by atoms with Gasteiger partial charge in [0.05, 0.1) is 11.4 Å². The summed E-state index contributed by atoms with van der Waals surface area (Å²) in [7, 11) is -3.37. The molecular weight excluding hydrogens is 362 g/mol. The number of aryl methyl sites for hydroxylation is 2. The molecule has 25 heavy (non-hydrogen) atoms. The van der Waals surface area contributed by atoms with Gasteiger partial charge in [-0.15, -0.1) is 0 Å². The number of rotatable bonds is 5. The van der Waals surface area contributed by atoms with Gasteiger partial charge in [0, 0.05) is 43.3 Å². The maximum Gasteiger partial charge on any atom is 0.218 e. The normalized spacial score (nSPS) is 17.1. The topological polar surface area (TPSA) is 66.7 Å². The summed E-state index contributed by atoms with van der Waals surface area (Å²) in [5, 5.41) is 4.46. The largest absolute Gasteiger partial charge is 0.361 e. The highest BCUT2D eigenvalue weighted by Gasteiger charge is 2.28. The molecule has 3 rings (SSSR count). The number of hydrogen-bond acceptors (Lipinski definition) is 5. The molecule has 1 aromatic heterocycles. The highest BCUT2D eigenvalue weighted by atomic mass is 35.5. The lowest BCUT2D eigenvalue weighted by Gasteiger charge is -2.34. The van der Waals surface area contributed by atoms with Gasteiger partial charge in [0.2, 0.25) is 10.0 Å². The average molecular weight is 384 g/mol. The first-order valence-electron chi connectivity index (χ1n) is 8.22. The molecule has 0 unspecified atom stereocenters. The minimum Gasteiger partial charge on any atom is -0.361 e. The molecule has 0 radical (unpaired) electrons. The van der Waals surface area contributed by atoms with Crippen molar-refractivity contribution in [2.75, 3.05) is 26.2 Å². The lowest BCUT2D eigenvalue weighted by atomic mass is 10.2. The maximum atomic E-state index is 12.7. The van der Waals surface area contributed by atoms with E-state index in [4.69, 9.17) is 16.1 Å². The van der Waals surface area contributed by atoms with Crippen LogP contribution in [-0.2, 0) is 22.3 Å². The molecule has 0 saturated carbocycles. The molecule has 0 aliphatic carbocycles. The van der Waals surface area contributed by atoms with Crippen molar-refractivity contribution < 1.29 is 12.9 Å². The smallest absolute Gasteiger partial charge is 0.218 e. The molecule has 1 aliphatic heterocycles. The fourth-order valence-electron chi connectivity index (χ4n) is 3.02. The number of halogens is 1. The van der Waals surface area contributed by atoms with Crippen LogP contribution in [0.15, 0.2) is 28.8 Å². The van der Waals surface area contributed by atoms with Crippen LogP contribution in [0.25, 0.3) is 0 Å². The predicted molar refractivity (Wildman–Crippen MR) is 96.9 cm³/mol. The molecule has 8 heteroatoms. The third-order valence-electron chi connectivity index (χ3n) is 4.58. The highest BCUT2D eigenvalue weighted by Crippen LogP contribution is 2.21. The molecule has 0 bridgehead atoms. The zero-order valence-corrected chi connectivity index (χ0v) is 16.0. The SMILES string of the molecule is Cc1noc(C)c1CN1CCN(S(=O)(=O)Cc2ccccc2Cl)CC1. The van der Waals surface area contributed by atoms with E-state index < -0.39 is 10.0 Å². The summed E-state index contributed by atoms with van der Waals surface area (Å²) in [5.41, 5.74) is 2.63. The van der Waals surface area contributed by atoms with E-state index >= 15 is 0 Å². The quantitative estimate of drug-likeness (QED) is 0.793. The van der Waals surface area contributed by atoms with E-state index in [1.807, 2.05) is 13.8 Å². The summed E-state index contributed by atoms with van der Waals surface area (Å²) in [4.78, 5) is 2.23. The van der Waals surface area contributed by atoms with Gasteiger partial charge in [-0.25, -0.2) is 8.42 Å². The fourth-order valence-corrected chi connectivity index (χ4v) is 4.85. The van der Waals surface area contributed by atoms with Gasteiger partial charge in [0.1, 0.15) is 5.76 Å². The van der Waals surface area contributed by atoms with Gasteiger partial charge in [0.15, 0.2) is 0 Å². The number of hydrogen-bond donors (Lipinski definition) is 0. The van der Waals surface area contributed by atoms with Crippen LogP contribution in [0.2, 0.25) is 5.02 Å². The van der Waals surface area contributed by atoms with Crippen molar-refractivity contribution in [3.05, 3.63) is 51.9 Å². The van der Waals surface area contributed by atoms with Crippen LogP contribution in [0.3, 0.4) is 0 Å². The van der Waals surface area contributed by atoms with Crippen molar-refractivity contribution in [2.45, 2.75) is 26.1 Å². The van der Waals surface area contributed by atoms with Crippen LogP contribution in [0.1, 0.15) is 22.6 Å². The Morgan fingerprint density at radius 1 is 1.16 bits per heavy atom. The summed E-state index contributed by atoms with van der Waals surface area (Å²) < 4.78 is 32.1. The molecule has 2 aromatic rings. The first kappa shape index (κ1) is 18.4. The van der Waals surface area contributed by atoms with Crippen molar-refractivity contribution in [1.82, 2.24) is 14.4 Å². The van der Waals surface area contributed by atoms with E-state index in [1.54, 1.807) is 28.6 Å². The number of benzene rings is 1. The second-order valence-electron chi connectivity index (χ2n) is 6.33. The lowest BCUT2D eigenvalue weighted by molar-refractivity contribution is 0.180. The molecule has 136 valence electrons. The van der Waals surface area contributed by atoms with Crippen molar-refractivity contribution in [2.24, 2.45) is 0 Å². The van der Waals surface area contributed by atoms with Crippen LogP contribution in [-0.4, -0.2) is 49.0 Å². The zero-order chi connectivity index (χ0) is 18.0. The minimum absolute atomic E-state index is 0.0590. The molecule has 0 atom stereocenters. The van der Waals surface area contributed by atoms with Crippen LogP contribution < -0.4 is 0 Å². The first-order valence-corrected chi connectivity index (χ1v) is 10.2. The minimum atomic E-state index is -3.37. The lowest BCUT2D eigenvalue weighted by Crippen LogP contribution is -2.48. The summed E-state index contributed by atoms with van der Waals surface area (Å²) in [6.45, 7) is 6.90. The van der Waals surface area contributed by atoms with Gasteiger partial charge in [-0.05, 0) is 25.5 Å². The highest BCUT2D eigenvalue weighted by molar-refractivity contribution is 7.88. The summed E-state index contributed by atoms with van der Waals surface area (Å²) in [6, 6.07) is 7.08. The third-order valence-corrected chi connectivity index (χ3v) is 6.78. The fraction of sp³-hybridized carbons (Fsp3) is 0.471. The van der Waals surface area contributed by atoms with Gasteiger partial charge in [-0.3, -0.25) is 4.90 Å². The van der Waals surface area contributed by atoms with Crippen molar-refractivity contribution in [3.8, 4) is 0 Å². The maximum absolute atomic E-state index is 12.7. The van der Waals surface area contributed by atoms with Crippen LogP contribution in [0.4, 0.5) is 0 Å². The Morgan fingerprint density at radius 3 is 2.44 bits per heavy atom. The number of sulfonamides is 1. The average Bonchev–Trinajstić information content (AvgIpc) is 2.89. The number of aromatic nitrogens is 1. The molecule has 1 fully saturated rings. The standard InChI is InChI=1S/C17H22ClN3O3S/c1-13-16(14(2)24-19-13)11-20-7-9-21(10-8-20)25(22,23)12-15-5-3-4-6-17(15)18/h3-6H,7-12H2,1-2H3. The third kappa shape index (κ3) is 4.23. The Labute approximate surface area is 153 Å². The van der Waals surface area contributed by atoms with E-state index in [9.17, 15) is 8.42 Å². The van der Waals surface area contributed by atoms with E-state index in [0.717, 1.165) is 23.6 Å². The predicted octanol–water partition coefficient (Wildman–Crippen LogP) is 2.59. The van der Waals surface area contributed by atoms with Gasteiger partial charge in [-0.1, -0.05) is 35.0 Å². The Balaban J connectivity index is 1.61. The Kier molecular flexibility index (Phi) is 5.48. The summed E-state index contributed by atoms with van der Waals surface area (Å²) >= 11 is 6.10. The van der Waals surface area contributed by atoms with Crippen molar-refractivity contribution in [3.63, 3.8) is 0 Å². The van der Waals surface area contributed by atoms with E-state index in [2.05, 4.69) is 10.1 Å². The van der Waals surface area contributed by atoms with Gasteiger partial charge in [0.25, 0.3) is 0 Å². The molecule has 2 heterocycles. The van der Waals surface area contributed by atoms with E-state index in [1.165, 1.54) is 0 Å². The second-order valence-corrected chi connectivity index (χ2v) is 8.70. The Morgan fingerprint density at radius 2 is 1.84 bits per heavy atom. The molecule has 0 spiro atoms. The molecule has 1 saturated heterocycles. The molecule has 6 nitrogen and oxygen atoms in total. The molecule has 0 amide bonds. The zero-order valence-electron chi connectivity index (χ0n) is 14.4. The van der Waals surface area contributed by atoms with Gasteiger partial charge in [-0.2, -0.15) is 4.31 Å².